The van der Waals surface area contributed by atoms with Gasteiger partial charge in [0.2, 0.25) is 5.43 Å². The van der Waals surface area contributed by atoms with Gasteiger partial charge in [-0.3, -0.25) is 9.36 Å². The molecule has 0 fully saturated rings. The molecule has 0 radical (unpaired) electrons. The van der Waals surface area contributed by atoms with Crippen LogP contribution in [0.5, 0.6) is 0 Å². The normalized spacial score (nSPS) is 12.2. The Hall–Kier alpha value is -4.09. The molecule has 0 saturated carbocycles. The Morgan fingerprint density at radius 1 is 1.14 bits per heavy atom. The van der Waals surface area contributed by atoms with E-state index in [0.717, 1.165) is 10.8 Å². The zero-order valence-electron chi connectivity index (χ0n) is 20.9. The Morgan fingerprint density at radius 3 is 2.38 bits per heavy atom. The molecule has 3 rings (SSSR count). The highest BCUT2D eigenvalue weighted by Crippen LogP contribution is 2.24. The van der Waals surface area contributed by atoms with Gasteiger partial charge in [-0.25, -0.2) is 27.7 Å². The molecule has 0 bridgehead atoms. The molecule has 0 aliphatic heterocycles. The molecule has 0 spiro atoms. The zero-order valence-corrected chi connectivity index (χ0v) is 20.9. The second-order valence-electron chi connectivity index (χ2n) is 9.18. The fourth-order valence-corrected chi connectivity index (χ4v) is 3.41. The molecule has 9 nitrogen and oxygen atoms in total. The minimum atomic E-state index is -1.27. The zero-order chi connectivity index (χ0) is 27.5. The summed E-state index contributed by atoms with van der Waals surface area (Å²) in [4.78, 5) is 41.6. The summed E-state index contributed by atoms with van der Waals surface area (Å²) in [6, 6.07) is 3.29. The molecular weight excluding hydrogens is 493 g/mol. The van der Waals surface area contributed by atoms with Gasteiger partial charge in [-0.05, 0) is 46.8 Å². The Kier molecular flexibility index (Phi) is 8.09. The quantitative estimate of drug-likeness (QED) is 0.447. The van der Waals surface area contributed by atoms with E-state index in [9.17, 15) is 27.6 Å². The van der Waals surface area contributed by atoms with E-state index in [1.54, 1.807) is 27.7 Å². The number of esters is 1. The maximum absolute atomic E-state index is 14.7. The first kappa shape index (κ1) is 27.5. The Balaban J connectivity index is 2.03. The van der Waals surface area contributed by atoms with Crippen LogP contribution in [0.1, 0.15) is 45.0 Å². The van der Waals surface area contributed by atoms with Crippen molar-refractivity contribution >= 4 is 28.9 Å². The predicted molar refractivity (Wildman–Crippen MR) is 130 cm³/mol. The van der Waals surface area contributed by atoms with Crippen LogP contribution in [0.2, 0.25) is 0 Å². The fraction of sp³-hybridized carbons (Fsp3) is 0.360. The van der Waals surface area contributed by atoms with Crippen molar-refractivity contribution in [3.05, 3.63) is 63.7 Å². The predicted octanol–water partition coefficient (Wildman–Crippen LogP) is 4.30. The van der Waals surface area contributed by atoms with Crippen molar-refractivity contribution in [1.29, 1.82) is 0 Å². The number of hydrogen-bond acceptors (Lipinski definition) is 7. The van der Waals surface area contributed by atoms with Gasteiger partial charge in [0.1, 0.15) is 28.5 Å². The van der Waals surface area contributed by atoms with Crippen molar-refractivity contribution in [3.63, 3.8) is 0 Å². The summed E-state index contributed by atoms with van der Waals surface area (Å²) in [5, 5.41) is 5.49. The van der Waals surface area contributed by atoms with Gasteiger partial charge in [0.05, 0.1) is 12.0 Å². The van der Waals surface area contributed by atoms with E-state index in [4.69, 9.17) is 9.47 Å². The molecule has 2 aromatic heterocycles. The van der Waals surface area contributed by atoms with Gasteiger partial charge in [0, 0.05) is 30.9 Å². The van der Waals surface area contributed by atoms with Gasteiger partial charge in [-0.1, -0.05) is 0 Å². The molecule has 12 heteroatoms. The second-order valence-corrected chi connectivity index (χ2v) is 9.18. The van der Waals surface area contributed by atoms with Gasteiger partial charge in [-0.2, -0.15) is 0 Å². The first-order valence-corrected chi connectivity index (χ1v) is 11.4. The highest BCUT2D eigenvalue weighted by molar-refractivity contribution is 5.93. The topological polar surface area (TPSA) is 112 Å². The van der Waals surface area contributed by atoms with Crippen LogP contribution in [0, 0.1) is 17.5 Å². The maximum atomic E-state index is 14.7. The van der Waals surface area contributed by atoms with E-state index < -0.39 is 57.8 Å². The SMILES string of the molecule is CCOC(=O)c1cn(-c2c(F)cc(F)cc2F)c2nc(NC[C@@H](C)NC(=O)OC(C)(C)C)ccc2c1=O. The Morgan fingerprint density at radius 2 is 1.78 bits per heavy atom. The van der Waals surface area contributed by atoms with Crippen molar-refractivity contribution in [2.45, 2.75) is 46.3 Å². The van der Waals surface area contributed by atoms with E-state index in [-0.39, 0.29) is 30.0 Å². The van der Waals surface area contributed by atoms with Gasteiger partial charge in [-0.15, -0.1) is 0 Å². The average Bonchev–Trinajstić information content (AvgIpc) is 2.77. The summed E-state index contributed by atoms with van der Waals surface area (Å²) in [5.41, 5.74) is -2.84. The Labute approximate surface area is 210 Å². The number of nitrogens with zero attached hydrogens (tertiary/aromatic N) is 2. The molecule has 37 heavy (non-hydrogen) atoms. The van der Waals surface area contributed by atoms with E-state index >= 15 is 0 Å². The summed E-state index contributed by atoms with van der Waals surface area (Å²) in [6.07, 6.45) is 0.293. The van der Waals surface area contributed by atoms with Gasteiger partial charge in [0.15, 0.2) is 17.3 Å². The number of rotatable bonds is 7. The highest BCUT2D eigenvalue weighted by Gasteiger charge is 2.23. The molecule has 1 amide bonds. The molecule has 2 heterocycles. The number of halogens is 3. The van der Waals surface area contributed by atoms with Crippen LogP contribution in [0.15, 0.2) is 35.3 Å². The van der Waals surface area contributed by atoms with Crippen LogP contribution >= 0.6 is 0 Å². The average molecular weight is 521 g/mol. The molecule has 1 aromatic carbocycles. The number of hydrogen-bond donors (Lipinski definition) is 2. The lowest BCUT2D eigenvalue weighted by Gasteiger charge is -2.22. The number of amides is 1. The monoisotopic (exact) mass is 520 g/mol. The second kappa shape index (κ2) is 10.9. The van der Waals surface area contributed by atoms with Crippen LogP contribution in [-0.4, -0.2) is 46.4 Å². The van der Waals surface area contributed by atoms with Crippen LogP contribution < -0.4 is 16.1 Å². The number of nitrogens with one attached hydrogen (secondary N) is 2. The number of benzene rings is 1. The van der Waals surface area contributed by atoms with Gasteiger partial charge >= 0.3 is 12.1 Å². The van der Waals surface area contributed by atoms with E-state index in [2.05, 4.69) is 15.6 Å². The Bertz CT molecular complexity index is 1380. The third-order valence-corrected chi connectivity index (χ3v) is 4.92. The summed E-state index contributed by atoms with van der Waals surface area (Å²) in [7, 11) is 0. The molecule has 0 saturated heterocycles. The molecule has 0 aliphatic carbocycles. The maximum Gasteiger partial charge on any atom is 0.407 e. The number of carbonyl (C=O) groups excluding carboxylic acids is 2. The smallest absolute Gasteiger partial charge is 0.407 e. The molecular formula is C25H27F3N4O5. The minimum absolute atomic E-state index is 0.0355. The summed E-state index contributed by atoms with van der Waals surface area (Å²) in [6.45, 7) is 8.59. The van der Waals surface area contributed by atoms with E-state index in [1.165, 1.54) is 19.1 Å². The van der Waals surface area contributed by atoms with Gasteiger partial charge < -0.3 is 20.1 Å². The van der Waals surface area contributed by atoms with Crippen molar-refractivity contribution in [1.82, 2.24) is 14.9 Å². The van der Waals surface area contributed by atoms with Crippen LogP contribution in [0.4, 0.5) is 23.8 Å². The lowest BCUT2D eigenvalue weighted by molar-refractivity contribution is 0.0505. The first-order valence-electron chi connectivity index (χ1n) is 11.4. The number of pyridine rings is 2. The minimum Gasteiger partial charge on any atom is -0.462 e. The van der Waals surface area contributed by atoms with Crippen LogP contribution in [0.3, 0.4) is 0 Å². The van der Waals surface area contributed by atoms with E-state index in [1.807, 2.05) is 0 Å². The standard InChI is InChI=1S/C25H27F3N4O5/c1-6-36-23(34)16-12-32(20-17(27)9-14(26)10-18(20)28)22-15(21(16)33)7-8-19(31-22)29-11-13(2)30-24(35)37-25(3,4)5/h7-10,12-13H,6,11H2,1-5H3,(H,29,31)(H,30,35)/t13-/m1/s1. The number of alkyl carbamates (subject to hydrolysis) is 1. The molecule has 198 valence electrons. The van der Waals surface area contributed by atoms with Crippen LogP contribution in [0.25, 0.3) is 16.7 Å². The molecule has 3 aromatic rings. The van der Waals surface area contributed by atoms with E-state index in [0.29, 0.717) is 12.1 Å². The molecule has 2 N–H and O–H groups in total. The van der Waals surface area contributed by atoms with Crippen molar-refractivity contribution in [2.75, 3.05) is 18.5 Å². The lowest BCUT2D eigenvalue weighted by Crippen LogP contribution is -2.40. The van der Waals surface area contributed by atoms with Crippen LogP contribution in [-0.2, 0) is 9.47 Å². The largest absolute Gasteiger partial charge is 0.462 e. The number of fused-ring (bicyclic) bond motifs is 1. The number of ether oxygens (including phenoxy) is 2. The van der Waals surface area contributed by atoms with Gasteiger partial charge in [0.25, 0.3) is 0 Å². The van der Waals surface area contributed by atoms with Crippen molar-refractivity contribution < 1.29 is 32.2 Å². The fourth-order valence-electron chi connectivity index (χ4n) is 3.41. The lowest BCUT2D eigenvalue weighted by atomic mass is 10.1. The highest BCUT2D eigenvalue weighted by atomic mass is 19.1. The molecule has 1 atom stereocenters. The number of anilines is 1. The molecule has 0 unspecified atom stereocenters. The summed E-state index contributed by atoms with van der Waals surface area (Å²) in [5.74, 6) is -4.47. The summed E-state index contributed by atoms with van der Waals surface area (Å²) >= 11 is 0. The summed E-state index contributed by atoms with van der Waals surface area (Å²) < 4.78 is 53.9. The number of carbonyl (C=O) groups is 2. The third-order valence-electron chi connectivity index (χ3n) is 4.92. The third kappa shape index (κ3) is 6.57. The first-order chi connectivity index (χ1) is 17.3. The van der Waals surface area contributed by atoms with Crippen molar-refractivity contribution in [2.24, 2.45) is 0 Å². The van der Waals surface area contributed by atoms with Crippen molar-refractivity contribution in [3.8, 4) is 5.69 Å². The number of aromatic nitrogens is 2. The molecule has 0 aliphatic rings.